The van der Waals surface area contributed by atoms with Crippen molar-refractivity contribution in [2.45, 2.75) is 45.6 Å². The molecular formula is C31H31NO4. The maximum atomic E-state index is 13.6. The second-order valence-electron chi connectivity index (χ2n) is 10.3. The van der Waals surface area contributed by atoms with Crippen LogP contribution in [0, 0.1) is 5.41 Å². The highest BCUT2D eigenvalue weighted by Crippen LogP contribution is 2.48. The lowest BCUT2D eigenvalue weighted by atomic mass is 9.69. The van der Waals surface area contributed by atoms with Gasteiger partial charge in [0.15, 0.2) is 5.78 Å². The van der Waals surface area contributed by atoms with Gasteiger partial charge >= 0.3 is 0 Å². The zero-order valence-electron chi connectivity index (χ0n) is 21.0. The zero-order chi connectivity index (χ0) is 25.3. The van der Waals surface area contributed by atoms with E-state index in [1.54, 1.807) is 12.0 Å². The molecule has 0 N–H and O–H groups in total. The molecule has 1 atom stereocenters. The molecular weight excluding hydrogens is 450 g/mol. The molecule has 2 aliphatic rings. The fraction of sp³-hybridized carbons (Fsp3) is 0.290. The largest absolute Gasteiger partial charge is 0.497 e. The van der Waals surface area contributed by atoms with Crippen LogP contribution in [0.1, 0.15) is 50.2 Å². The maximum absolute atomic E-state index is 13.6. The van der Waals surface area contributed by atoms with Crippen molar-refractivity contribution in [2.24, 2.45) is 5.41 Å². The molecule has 1 aliphatic carbocycles. The Bertz CT molecular complexity index is 1310. The first kappa shape index (κ1) is 23.9. The van der Waals surface area contributed by atoms with Crippen LogP contribution in [0.25, 0.3) is 0 Å². The number of benzene rings is 3. The molecule has 1 amide bonds. The summed E-state index contributed by atoms with van der Waals surface area (Å²) in [5.41, 5.74) is 4.15. The number of carbonyl (C=O) groups is 2. The Labute approximate surface area is 212 Å². The summed E-state index contributed by atoms with van der Waals surface area (Å²) in [4.78, 5) is 28.8. The molecule has 3 aromatic rings. The van der Waals surface area contributed by atoms with Gasteiger partial charge in [-0.1, -0.05) is 62.4 Å². The highest BCUT2D eigenvalue weighted by atomic mass is 16.5. The Morgan fingerprint density at radius 2 is 1.64 bits per heavy atom. The second kappa shape index (κ2) is 9.65. The number of methoxy groups -OCH3 is 1. The molecule has 0 aromatic heterocycles. The van der Waals surface area contributed by atoms with E-state index in [1.165, 1.54) is 0 Å². The van der Waals surface area contributed by atoms with Gasteiger partial charge < -0.3 is 9.47 Å². The number of carbonyl (C=O) groups excluding carboxylic acids is 2. The summed E-state index contributed by atoms with van der Waals surface area (Å²) in [6.45, 7) is 4.66. The van der Waals surface area contributed by atoms with Crippen LogP contribution < -0.4 is 14.4 Å². The van der Waals surface area contributed by atoms with E-state index in [2.05, 4.69) is 13.8 Å². The summed E-state index contributed by atoms with van der Waals surface area (Å²) in [6, 6.07) is 25.3. The van der Waals surface area contributed by atoms with E-state index in [0.29, 0.717) is 25.2 Å². The van der Waals surface area contributed by atoms with Crippen molar-refractivity contribution in [1.82, 2.24) is 0 Å². The Morgan fingerprint density at radius 3 is 2.36 bits per heavy atom. The Morgan fingerprint density at radius 1 is 0.889 bits per heavy atom. The molecule has 5 rings (SSSR count). The molecule has 0 radical (unpaired) electrons. The molecule has 1 heterocycles. The average molecular weight is 482 g/mol. The number of nitrogens with zero attached hydrogens (tertiary/aromatic N) is 1. The molecule has 36 heavy (non-hydrogen) atoms. The number of allylic oxidation sites excluding steroid dienone is 2. The third-order valence-electron chi connectivity index (χ3n) is 6.99. The van der Waals surface area contributed by atoms with Gasteiger partial charge in [-0.3, -0.25) is 14.5 Å². The number of ether oxygens (including phenoxy) is 2. The fourth-order valence-corrected chi connectivity index (χ4v) is 5.29. The van der Waals surface area contributed by atoms with E-state index in [4.69, 9.17) is 9.47 Å². The van der Waals surface area contributed by atoms with Gasteiger partial charge in [-0.2, -0.15) is 0 Å². The number of Topliss-reactive ketones (excluding diaryl/α,β-unsaturated/α-hetero) is 1. The van der Waals surface area contributed by atoms with Crippen LogP contribution >= 0.6 is 0 Å². The minimum atomic E-state index is -0.263. The van der Waals surface area contributed by atoms with Gasteiger partial charge in [0, 0.05) is 36.1 Å². The molecule has 0 bridgehead atoms. The van der Waals surface area contributed by atoms with E-state index in [0.717, 1.165) is 33.8 Å². The number of ketones is 1. The van der Waals surface area contributed by atoms with Crippen molar-refractivity contribution < 1.29 is 19.1 Å². The SMILES string of the molecule is COc1cccc(N2C(=O)CC(c3ccc(OCc4ccccc4)cc3)C3=C2CC(C)(C)CC3=O)c1. The van der Waals surface area contributed by atoms with Crippen LogP contribution in [0.5, 0.6) is 11.5 Å². The highest BCUT2D eigenvalue weighted by Gasteiger charge is 2.44. The summed E-state index contributed by atoms with van der Waals surface area (Å²) in [5, 5.41) is 0. The molecule has 1 aliphatic heterocycles. The molecule has 0 spiro atoms. The number of anilines is 1. The Balaban J connectivity index is 1.48. The fourth-order valence-electron chi connectivity index (χ4n) is 5.29. The number of hydrogen-bond acceptors (Lipinski definition) is 4. The summed E-state index contributed by atoms with van der Waals surface area (Å²) < 4.78 is 11.3. The lowest BCUT2D eigenvalue weighted by Crippen LogP contribution is -2.43. The van der Waals surface area contributed by atoms with E-state index in [9.17, 15) is 9.59 Å². The molecule has 3 aromatic carbocycles. The van der Waals surface area contributed by atoms with Crippen LogP contribution in [0.3, 0.4) is 0 Å². The quantitative estimate of drug-likeness (QED) is 0.407. The van der Waals surface area contributed by atoms with Crippen molar-refractivity contribution in [1.29, 1.82) is 0 Å². The van der Waals surface area contributed by atoms with Gasteiger partial charge in [0.2, 0.25) is 5.91 Å². The summed E-state index contributed by atoms with van der Waals surface area (Å²) in [5.74, 6) is 1.28. The number of hydrogen-bond donors (Lipinski definition) is 0. The molecule has 0 saturated heterocycles. The van der Waals surface area contributed by atoms with Crippen molar-refractivity contribution in [3.8, 4) is 11.5 Å². The lowest BCUT2D eigenvalue weighted by molar-refractivity contribution is -0.121. The maximum Gasteiger partial charge on any atom is 0.232 e. The van der Waals surface area contributed by atoms with E-state index < -0.39 is 0 Å². The summed E-state index contributed by atoms with van der Waals surface area (Å²) in [6.07, 6.45) is 1.37. The highest BCUT2D eigenvalue weighted by molar-refractivity contribution is 6.07. The van der Waals surface area contributed by atoms with E-state index >= 15 is 0 Å². The van der Waals surface area contributed by atoms with Crippen LogP contribution in [-0.2, 0) is 16.2 Å². The van der Waals surface area contributed by atoms with Crippen molar-refractivity contribution >= 4 is 17.4 Å². The van der Waals surface area contributed by atoms with Gasteiger partial charge in [0.05, 0.1) is 12.8 Å². The molecule has 0 saturated carbocycles. The molecule has 0 fully saturated rings. The minimum Gasteiger partial charge on any atom is -0.497 e. The zero-order valence-corrected chi connectivity index (χ0v) is 21.0. The second-order valence-corrected chi connectivity index (χ2v) is 10.3. The third-order valence-corrected chi connectivity index (χ3v) is 6.99. The number of amides is 1. The smallest absolute Gasteiger partial charge is 0.232 e. The molecule has 5 heteroatoms. The predicted octanol–water partition coefficient (Wildman–Crippen LogP) is 6.44. The monoisotopic (exact) mass is 481 g/mol. The minimum absolute atomic E-state index is 0.0121. The predicted molar refractivity (Wildman–Crippen MR) is 140 cm³/mol. The first-order chi connectivity index (χ1) is 17.3. The van der Waals surface area contributed by atoms with Gasteiger partial charge in [0.1, 0.15) is 18.1 Å². The standard InChI is InChI=1S/C31H31NO4/c1-31(2)18-27-30(28(33)19-31)26(17-29(34)32(27)23-10-7-11-25(16-23)35-3)22-12-14-24(15-13-22)36-20-21-8-5-4-6-9-21/h4-16,26H,17-20H2,1-3H3. The molecule has 184 valence electrons. The van der Waals surface area contributed by atoms with E-state index in [-0.39, 0.29) is 29.4 Å². The lowest BCUT2D eigenvalue weighted by Gasteiger charge is -2.43. The summed E-state index contributed by atoms with van der Waals surface area (Å²) in [7, 11) is 1.61. The van der Waals surface area contributed by atoms with Gasteiger partial charge in [-0.25, -0.2) is 0 Å². The molecule has 1 unspecified atom stereocenters. The first-order valence-corrected chi connectivity index (χ1v) is 12.3. The van der Waals surface area contributed by atoms with Gasteiger partial charge in [-0.05, 0) is 47.2 Å². The van der Waals surface area contributed by atoms with Crippen molar-refractivity contribution in [2.75, 3.05) is 12.0 Å². The summed E-state index contributed by atoms with van der Waals surface area (Å²) >= 11 is 0. The Hall–Kier alpha value is -3.86. The van der Waals surface area contributed by atoms with Crippen LogP contribution in [-0.4, -0.2) is 18.8 Å². The first-order valence-electron chi connectivity index (χ1n) is 12.3. The topological polar surface area (TPSA) is 55.8 Å². The van der Waals surface area contributed by atoms with E-state index in [1.807, 2.05) is 78.9 Å². The normalized spacial score (nSPS) is 19.2. The van der Waals surface area contributed by atoms with Gasteiger partial charge in [-0.15, -0.1) is 0 Å². The third kappa shape index (κ3) is 4.78. The molecule has 5 nitrogen and oxygen atoms in total. The van der Waals surface area contributed by atoms with Crippen molar-refractivity contribution in [3.63, 3.8) is 0 Å². The number of rotatable bonds is 6. The van der Waals surface area contributed by atoms with Crippen molar-refractivity contribution in [3.05, 3.63) is 101 Å². The van der Waals surface area contributed by atoms with Crippen LogP contribution in [0.4, 0.5) is 5.69 Å². The van der Waals surface area contributed by atoms with Gasteiger partial charge in [0.25, 0.3) is 0 Å². The van der Waals surface area contributed by atoms with Crippen LogP contribution in [0.2, 0.25) is 0 Å². The average Bonchev–Trinajstić information content (AvgIpc) is 2.87. The van der Waals surface area contributed by atoms with Crippen LogP contribution in [0.15, 0.2) is 90.1 Å². The Kier molecular flexibility index (Phi) is 6.40.